The smallest absolute Gasteiger partial charge is 0.00132 e. The maximum absolute atomic E-state index is 2.35. The van der Waals surface area contributed by atoms with Crippen LogP contribution in [-0.4, -0.2) is 0 Å². The molecule has 0 N–H and O–H groups in total. The lowest BCUT2D eigenvalue weighted by Crippen LogP contribution is -2.23. The Kier molecular flexibility index (Phi) is 4.07. The highest BCUT2D eigenvalue weighted by molar-refractivity contribution is 5.91. The van der Waals surface area contributed by atoms with Gasteiger partial charge in [0.15, 0.2) is 0 Å². The quantitative estimate of drug-likeness (QED) is 0.331. The van der Waals surface area contributed by atoms with E-state index < -0.39 is 0 Å². The Bertz CT molecular complexity index is 1010. The second-order valence-electron chi connectivity index (χ2n) is 9.90. The molecule has 3 aromatic carbocycles. The van der Waals surface area contributed by atoms with Gasteiger partial charge in [-0.05, 0) is 61.8 Å². The van der Waals surface area contributed by atoms with E-state index in [2.05, 4.69) is 102 Å². The van der Waals surface area contributed by atoms with Gasteiger partial charge in [-0.25, -0.2) is 0 Å². The molecule has 27 heavy (non-hydrogen) atoms. The average Bonchev–Trinajstić information content (AvgIpc) is 2.98. The van der Waals surface area contributed by atoms with Gasteiger partial charge >= 0.3 is 0 Å². The maximum atomic E-state index is 2.35. The van der Waals surface area contributed by atoms with E-state index in [4.69, 9.17) is 0 Å². The maximum Gasteiger partial charge on any atom is -0.00132 e. The zero-order valence-electron chi connectivity index (χ0n) is 17.5. The summed E-state index contributed by atoms with van der Waals surface area (Å²) >= 11 is 0. The molecule has 0 unspecified atom stereocenters. The zero-order chi connectivity index (χ0) is 19.4. The molecular weight excluding hydrogens is 324 g/mol. The Labute approximate surface area is 164 Å². The lowest BCUT2D eigenvalue weighted by molar-refractivity contribution is 0.531. The molecule has 1 aliphatic carbocycles. The van der Waals surface area contributed by atoms with Gasteiger partial charge in [0.2, 0.25) is 0 Å². The molecule has 0 radical (unpaired) electrons. The van der Waals surface area contributed by atoms with Gasteiger partial charge in [-0.15, -0.1) is 0 Å². The number of fused-ring (bicyclic) bond motifs is 3. The average molecular weight is 355 g/mol. The predicted octanol–water partition coefficient (Wildman–Crippen LogP) is 7.52. The minimum absolute atomic E-state index is 0.0834. The summed E-state index contributed by atoms with van der Waals surface area (Å²) in [6.07, 6.45) is 1.04. The summed E-state index contributed by atoms with van der Waals surface area (Å²) in [7, 11) is 0. The predicted molar refractivity (Wildman–Crippen MR) is 118 cm³/mol. The van der Waals surface area contributed by atoms with E-state index in [0.29, 0.717) is 0 Å². The monoisotopic (exact) mass is 354 g/mol. The van der Waals surface area contributed by atoms with Crippen LogP contribution in [0.5, 0.6) is 0 Å². The molecule has 0 spiro atoms. The lowest BCUT2D eigenvalue weighted by atomic mass is 9.71. The summed E-state index contributed by atoms with van der Waals surface area (Å²) in [6.45, 7) is 14.0. The SMILES string of the molecule is CC(C)(C)c1cccc(-c2cccc3c2-c2ccccc2C3)c1C(C)(C)C. The molecule has 0 saturated carbocycles. The number of benzene rings is 3. The topological polar surface area (TPSA) is 0 Å². The van der Waals surface area contributed by atoms with Gasteiger partial charge < -0.3 is 0 Å². The number of hydrogen-bond donors (Lipinski definition) is 0. The van der Waals surface area contributed by atoms with Gasteiger partial charge in [-0.3, -0.25) is 0 Å². The van der Waals surface area contributed by atoms with Crippen molar-refractivity contribution in [3.8, 4) is 22.3 Å². The van der Waals surface area contributed by atoms with Gasteiger partial charge in [0.05, 0.1) is 0 Å². The summed E-state index contributed by atoms with van der Waals surface area (Å²) in [5.41, 5.74) is 11.7. The first kappa shape index (κ1) is 18.0. The molecule has 0 atom stereocenters. The van der Waals surface area contributed by atoms with E-state index in [1.807, 2.05) is 0 Å². The van der Waals surface area contributed by atoms with E-state index in [0.717, 1.165) is 6.42 Å². The van der Waals surface area contributed by atoms with Crippen molar-refractivity contribution in [2.45, 2.75) is 58.8 Å². The molecule has 4 rings (SSSR count). The molecule has 138 valence electrons. The van der Waals surface area contributed by atoms with Crippen molar-refractivity contribution < 1.29 is 0 Å². The van der Waals surface area contributed by atoms with Gasteiger partial charge in [-0.2, -0.15) is 0 Å². The fourth-order valence-corrected chi connectivity index (χ4v) is 4.62. The van der Waals surface area contributed by atoms with Crippen molar-refractivity contribution in [3.05, 3.63) is 82.9 Å². The normalized spacial score (nSPS) is 13.4. The second kappa shape index (κ2) is 6.09. The zero-order valence-corrected chi connectivity index (χ0v) is 17.5. The fourth-order valence-electron chi connectivity index (χ4n) is 4.62. The summed E-state index contributed by atoms with van der Waals surface area (Å²) < 4.78 is 0. The van der Waals surface area contributed by atoms with Gasteiger partial charge in [0, 0.05) is 0 Å². The summed E-state index contributed by atoms with van der Waals surface area (Å²) in [4.78, 5) is 0. The first-order chi connectivity index (χ1) is 12.7. The van der Waals surface area contributed by atoms with E-state index in [1.165, 1.54) is 44.5 Å². The van der Waals surface area contributed by atoms with Crippen molar-refractivity contribution >= 4 is 0 Å². The Morgan fingerprint density at radius 2 is 1.15 bits per heavy atom. The Morgan fingerprint density at radius 3 is 1.85 bits per heavy atom. The molecule has 0 saturated heterocycles. The van der Waals surface area contributed by atoms with E-state index in [-0.39, 0.29) is 10.8 Å². The van der Waals surface area contributed by atoms with Crippen LogP contribution >= 0.6 is 0 Å². The molecule has 0 fully saturated rings. The van der Waals surface area contributed by atoms with Crippen LogP contribution in [0.2, 0.25) is 0 Å². The highest BCUT2D eigenvalue weighted by atomic mass is 14.3. The summed E-state index contributed by atoms with van der Waals surface area (Å²) in [5, 5.41) is 0. The minimum atomic E-state index is 0.0834. The Hall–Kier alpha value is -2.34. The van der Waals surface area contributed by atoms with Crippen LogP contribution in [0.4, 0.5) is 0 Å². The van der Waals surface area contributed by atoms with Crippen molar-refractivity contribution in [3.63, 3.8) is 0 Å². The van der Waals surface area contributed by atoms with Crippen molar-refractivity contribution in [1.29, 1.82) is 0 Å². The van der Waals surface area contributed by atoms with Gasteiger partial charge in [0.1, 0.15) is 0 Å². The van der Waals surface area contributed by atoms with E-state index in [9.17, 15) is 0 Å². The molecule has 1 aliphatic rings. The number of hydrogen-bond acceptors (Lipinski definition) is 0. The molecule has 3 aromatic rings. The van der Waals surface area contributed by atoms with Crippen molar-refractivity contribution in [2.24, 2.45) is 0 Å². The van der Waals surface area contributed by atoms with E-state index >= 15 is 0 Å². The van der Waals surface area contributed by atoms with Crippen LogP contribution in [0.1, 0.15) is 63.8 Å². The van der Waals surface area contributed by atoms with Gasteiger partial charge in [0.25, 0.3) is 0 Å². The third-order valence-corrected chi connectivity index (χ3v) is 5.73. The van der Waals surface area contributed by atoms with Crippen molar-refractivity contribution in [2.75, 3.05) is 0 Å². The lowest BCUT2D eigenvalue weighted by Gasteiger charge is -2.33. The van der Waals surface area contributed by atoms with E-state index in [1.54, 1.807) is 0 Å². The molecule has 0 heterocycles. The minimum Gasteiger partial charge on any atom is -0.0619 e. The van der Waals surface area contributed by atoms with Crippen LogP contribution < -0.4 is 0 Å². The summed E-state index contributed by atoms with van der Waals surface area (Å²) in [6, 6.07) is 22.6. The van der Waals surface area contributed by atoms with Crippen molar-refractivity contribution in [1.82, 2.24) is 0 Å². The molecule has 0 amide bonds. The summed E-state index contributed by atoms with van der Waals surface area (Å²) in [5.74, 6) is 0. The standard InChI is InChI=1S/C27H30/c1-26(2,3)23-16-10-15-22(25(23)27(4,5)6)21-14-9-12-19-17-18-11-7-8-13-20(18)24(19)21/h7-16H,17H2,1-6H3. The highest BCUT2D eigenvalue weighted by Crippen LogP contribution is 2.47. The highest BCUT2D eigenvalue weighted by Gasteiger charge is 2.30. The molecule has 0 nitrogen and oxygen atoms in total. The largest absolute Gasteiger partial charge is 0.0619 e. The first-order valence-corrected chi connectivity index (χ1v) is 10.0. The molecule has 0 bridgehead atoms. The van der Waals surface area contributed by atoms with Crippen LogP contribution in [0.25, 0.3) is 22.3 Å². The van der Waals surface area contributed by atoms with Crippen LogP contribution in [-0.2, 0) is 17.3 Å². The molecule has 0 aromatic heterocycles. The molecule has 0 aliphatic heterocycles. The molecular formula is C27H30. The third kappa shape index (κ3) is 3.02. The second-order valence-corrected chi connectivity index (χ2v) is 9.90. The molecule has 0 heteroatoms. The van der Waals surface area contributed by atoms with Crippen LogP contribution in [0, 0.1) is 0 Å². The third-order valence-electron chi connectivity index (χ3n) is 5.73. The van der Waals surface area contributed by atoms with Gasteiger partial charge in [-0.1, -0.05) is 102 Å². The van der Waals surface area contributed by atoms with Crippen LogP contribution in [0.3, 0.4) is 0 Å². The van der Waals surface area contributed by atoms with Crippen LogP contribution in [0.15, 0.2) is 60.7 Å². The Morgan fingerprint density at radius 1 is 0.556 bits per heavy atom. The fraction of sp³-hybridized carbons (Fsp3) is 0.333. The first-order valence-electron chi connectivity index (χ1n) is 10.0. The number of rotatable bonds is 1. The Balaban J connectivity index is 2.05.